The largest absolute Gasteiger partial charge is 0.396 e. The minimum absolute atomic E-state index is 0.0111. The van der Waals surface area contributed by atoms with E-state index in [0.29, 0.717) is 12.3 Å². The Labute approximate surface area is 120 Å². The zero-order chi connectivity index (χ0) is 14.7. The molecule has 1 fully saturated rings. The van der Waals surface area contributed by atoms with E-state index >= 15 is 0 Å². The summed E-state index contributed by atoms with van der Waals surface area (Å²) in [6.45, 7) is -0.0237. The highest BCUT2D eigenvalue weighted by atomic mass is 35.5. The van der Waals surface area contributed by atoms with Gasteiger partial charge < -0.3 is 10.4 Å². The first-order chi connectivity index (χ1) is 9.52. The summed E-state index contributed by atoms with van der Waals surface area (Å²) >= 11 is 5.71. The van der Waals surface area contributed by atoms with Gasteiger partial charge in [-0.1, -0.05) is 11.6 Å². The quantitative estimate of drug-likeness (QED) is 0.621. The molecule has 1 aromatic rings. The third-order valence-corrected chi connectivity index (χ3v) is 3.58. The molecule has 2 N–H and O–H groups in total. The number of nitro benzene ring substituents is 1. The van der Waals surface area contributed by atoms with Crippen LogP contribution >= 0.6 is 11.6 Å². The van der Waals surface area contributed by atoms with Crippen LogP contribution in [0.15, 0.2) is 18.2 Å². The standard InChI is InChI=1S/C13H15ClN2O4/c14-9-3-4-10(12(7-9)16(19)20)13(18)15-11(5-6-17)8-1-2-8/h3-4,7-8,11,17H,1-2,5-6H2,(H,15,18). The van der Waals surface area contributed by atoms with E-state index in [2.05, 4.69) is 5.32 Å². The summed E-state index contributed by atoms with van der Waals surface area (Å²) in [6, 6.07) is 3.82. The molecule has 1 aliphatic rings. The number of carbonyl (C=O) groups is 1. The topological polar surface area (TPSA) is 92.5 Å². The Morgan fingerprint density at radius 1 is 1.55 bits per heavy atom. The molecule has 1 saturated carbocycles. The predicted molar refractivity (Wildman–Crippen MR) is 73.8 cm³/mol. The van der Waals surface area contributed by atoms with E-state index in [9.17, 15) is 14.9 Å². The normalized spacial score (nSPS) is 15.7. The fourth-order valence-electron chi connectivity index (χ4n) is 2.16. The summed E-state index contributed by atoms with van der Waals surface area (Å²) in [6.07, 6.45) is 2.47. The second-order valence-corrected chi connectivity index (χ2v) is 5.28. The van der Waals surface area contributed by atoms with Crippen LogP contribution in [0.5, 0.6) is 0 Å². The summed E-state index contributed by atoms with van der Waals surface area (Å²) in [5, 5.41) is 22.9. The maximum absolute atomic E-state index is 12.2. The number of nitro groups is 1. The van der Waals surface area contributed by atoms with E-state index in [-0.39, 0.29) is 28.9 Å². The van der Waals surface area contributed by atoms with Crippen LogP contribution in [0.1, 0.15) is 29.6 Å². The smallest absolute Gasteiger partial charge is 0.283 e. The van der Waals surface area contributed by atoms with Crippen molar-refractivity contribution in [1.29, 1.82) is 0 Å². The first-order valence-electron chi connectivity index (χ1n) is 6.38. The molecule has 0 saturated heterocycles. The van der Waals surface area contributed by atoms with Crippen LogP contribution in [-0.4, -0.2) is 28.6 Å². The van der Waals surface area contributed by atoms with Crippen molar-refractivity contribution in [3.8, 4) is 0 Å². The molecular weight excluding hydrogens is 284 g/mol. The van der Waals surface area contributed by atoms with Crippen molar-refractivity contribution in [3.05, 3.63) is 38.9 Å². The molecule has 6 nitrogen and oxygen atoms in total. The van der Waals surface area contributed by atoms with Crippen molar-refractivity contribution >= 4 is 23.2 Å². The monoisotopic (exact) mass is 298 g/mol. The second-order valence-electron chi connectivity index (χ2n) is 4.85. The van der Waals surface area contributed by atoms with Gasteiger partial charge in [-0.25, -0.2) is 0 Å². The highest BCUT2D eigenvalue weighted by molar-refractivity contribution is 6.31. The van der Waals surface area contributed by atoms with Crippen molar-refractivity contribution in [2.24, 2.45) is 5.92 Å². The third kappa shape index (κ3) is 3.46. The minimum atomic E-state index is -0.626. The number of nitrogens with one attached hydrogen (secondary N) is 1. The lowest BCUT2D eigenvalue weighted by atomic mass is 10.1. The van der Waals surface area contributed by atoms with Crippen molar-refractivity contribution in [1.82, 2.24) is 5.32 Å². The van der Waals surface area contributed by atoms with Crippen molar-refractivity contribution in [2.75, 3.05) is 6.61 Å². The summed E-state index contributed by atoms with van der Waals surface area (Å²) < 4.78 is 0. The summed E-state index contributed by atoms with van der Waals surface area (Å²) in [5.74, 6) is -0.142. The lowest BCUT2D eigenvalue weighted by Crippen LogP contribution is -2.37. The Kier molecular flexibility index (Phi) is 4.57. The number of halogens is 1. The zero-order valence-electron chi connectivity index (χ0n) is 10.7. The molecule has 7 heteroatoms. The highest BCUT2D eigenvalue weighted by Crippen LogP contribution is 2.34. The molecule has 0 bridgehead atoms. The van der Waals surface area contributed by atoms with Crippen LogP contribution in [0.25, 0.3) is 0 Å². The average molecular weight is 299 g/mol. The highest BCUT2D eigenvalue weighted by Gasteiger charge is 2.33. The van der Waals surface area contributed by atoms with Gasteiger partial charge in [-0.05, 0) is 37.3 Å². The van der Waals surface area contributed by atoms with Crippen LogP contribution in [0.3, 0.4) is 0 Å². The number of aliphatic hydroxyl groups is 1. The Morgan fingerprint density at radius 2 is 2.25 bits per heavy atom. The van der Waals surface area contributed by atoms with Gasteiger partial charge in [-0.3, -0.25) is 14.9 Å². The molecular formula is C13H15ClN2O4. The average Bonchev–Trinajstić information content (AvgIpc) is 3.22. The van der Waals surface area contributed by atoms with Gasteiger partial charge in [0.05, 0.1) is 4.92 Å². The van der Waals surface area contributed by atoms with E-state index < -0.39 is 10.8 Å². The Hall–Kier alpha value is -1.66. The molecule has 1 atom stereocenters. The summed E-state index contributed by atoms with van der Waals surface area (Å²) in [7, 11) is 0. The van der Waals surface area contributed by atoms with Crippen LogP contribution in [0, 0.1) is 16.0 Å². The SMILES string of the molecule is O=C(NC(CCO)C1CC1)c1ccc(Cl)cc1[N+](=O)[O-]. The summed E-state index contributed by atoms with van der Waals surface area (Å²) in [5.41, 5.74) is -0.323. The molecule has 2 rings (SSSR count). The first kappa shape index (κ1) is 14.7. The number of nitrogens with zero attached hydrogens (tertiary/aromatic N) is 1. The van der Waals surface area contributed by atoms with E-state index in [1.807, 2.05) is 0 Å². The minimum Gasteiger partial charge on any atom is -0.396 e. The molecule has 1 unspecified atom stereocenters. The fraction of sp³-hybridized carbons (Fsp3) is 0.462. The number of hydrogen-bond donors (Lipinski definition) is 2. The van der Waals surface area contributed by atoms with E-state index in [1.54, 1.807) is 0 Å². The molecule has 1 aliphatic carbocycles. The molecule has 0 heterocycles. The molecule has 0 spiro atoms. The maximum Gasteiger partial charge on any atom is 0.283 e. The second kappa shape index (κ2) is 6.19. The van der Waals surface area contributed by atoms with Crippen LogP contribution in [0.4, 0.5) is 5.69 Å². The Balaban J connectivity index is 2.17. The lowest BCUT2D eigenvalue weighted by Gasteiger charge is -2.17. The van der Waals surface area contributed by atoms with Gasteiger partial charge in [0.2, 0.25) is 0 Å². The van der Waals surface area contributed by atoms with E-state index in [4.69, 9.17) is 16.7 Å². The van der Waals surface area contributed by atoms with Gasteiger partial charge in [0.15, 0.2) is 0 Å². The number of benzene rings is 1. The van der Waals surface area contributed by atoms with Crippen molar-refractivity contribution < 1.29 is 14.8 Å². The molecule has 108 valence electrons. The van der Waals surface area contributed by atoms with Gasteiger partial charge in [-0.15, -0.1) is 0 Å². The number of amides is 1. The van der Waals surface area contributed by atoms with Crippen molar-refractivity contribution in [3.63, 3.8) is 0 Å². The van der Waals surface area contributed by atoms with Crippen LogP contribution in [0.2, 0.25) is 5.02 Å². The molecule has 0 aromatic heterocycles. The van der Waals surface area contributed by atoms with Gasteiger partial charge >= 0.3 is 0 Å². The Bertz CT molecular complexity index is 531. The van der Waals surface area contributed by atoms with Gasteiger partial charge in [0.1, 0.15) is 5.56 Å². The predicted octanol–water partition coefficient (Wildman–Crippen LogP) is 2.14. The van der Waals surface area contributed by atoms with E-state index in [0.717, 1.165) is 18.9 Å². The number of aliphatic hydroxyl groups excluding tert-OH is 1. The van der Waals surface area contributed by atoms with Crippen molar-refractivity contribution in [2.45, 2.75) is 25.3 Å². The van der Waals surface area contributed by atoms with Crippen LogP contribution in [-0.2, 0) is 0 Å². The third-order valence-electron chi connectivity index (χ3n) is 3.35. The molecule has 20 heavy (non-hydrogen) atoms. The van der Waals surface area contributed by atoms with Gasteiger partial charge in [0, 0.05) is 23.7 Å². The molecule has 0 radical (unpaired) electrons. The van der Waals surface area contributed by atoms with E-state index in [1.165, 1.54) is 12.1 Å². The zero-order valence-corrected chi connectivity index (χ0v) is 11.5. The van der Waals surface area contributed by atoms with Gasteiger partial charge in [0.25, 0.3) is 11.6 Å². The lowest BCUT2D eigenvalue weighted by molar-refractivity contribution is -0.385. The summed E-state index contributed by atoms with van der Waals surface area (Å²) in [4.78, 5) is 22.5. The maximum atomic E-state index is 12.2. The molecule has 1 amide bonds. The van der Waals surface area contributed by atoms with Gasteiger partial charge in [-0.2, -0.15) is 0 Å². The van der Waals surface area contributed by atoms with Crippen LogP contribution < -0.4 is 5.32 Å². The fourth-order valence-corrected chi connectivity index (χ4v) is 2.32. The number of hydrogen-bond acceptors (Lipinski definition) is 4. The first-order valence-corrected chi connectivity index (χ1v) is 6.76. The Morgan fingerprint density at radius 3 is 2.80 bits per heavy atom. The molecule has 0 aliphatic heterocycles. The number of rotatable bonds is 6. The molecule has 1 aromatic carbocycles. The number of carbonyl (C=O) groups excluding carboxylic acids is 1.